The van der Waals surface area contributed by atoms with Gasteiger partial charge in [-0.3, -0.25) is 10.1 Å². The van der Waals surface area contributed by atoms with Crippen molar-refractivity contribution in [3.8, 4) is 6.07 Å². The van der Waals surface area contributed by atoms with Crippen LogP contribution in [0.2, 0.25) is 0 Å². The number of nitro benzene ring substituents is 1. The number of nitrogens with zero attached hydrogens (tertiary/aromatic N) is 4. The number of hydrogen-bond acceptors (Lipinski definition) is 8. The van der Waals surface area contributed by atoms with Crippen LogP contribution in [-0.2, 0) is 11.3 Å². The van der Waals surface area contributed by atoms with E-state index in [9.17, 15) is 10.1 Å². The predicted octanol–water partition coefficient (Wildman–Crippen LogP) is 2.56. The Bertz CT molecular complexity index is 737. The van der Waals surface area contributed by atoms with Gasteiger partial charge in [0.1, 0.15) is 12.2 Å². The van der Waals surface area contributed by atoms with Gasteiger partial charge in [-0.2, -0.15) is 10.2 Å². The van der Waals surface area contributed by atoms with Crippen molar-refractivity contribution < 1.29 is 14.2 Å². The third-order valence-electron chi connectivity index (χ3n) is 3.03. The molecule has 0 spiro atoms. The fourth-order valence-electron chi connectivity index (χ4n) is 1.89. The van der Waals surface area contributed by atoms with Gasteiger partial charge in [-0.1, -0.05) is 5.16 Å². The molecule has 0 unspecified atom stereocenters. The summed E-state index contributed by atoms with van der Waals surface area (Å²) in [5.41, 5.74) is 0.482. The minimum atomic E-state index is -0.552. The largest absolute Gasteiger partial charge is 0.375 e. The van der Waals surface area contributed by atoms with Gasteiger partial charge in [0.25, 0.3) is 5.69 Å². The molecule has 9 nitrogen and oxygen atoms in total. The maximum Gasteiger partial charge on any atom is 0.270 e. The maximum atomic E-state index is 10.7. The van der Waals surface area contributed by atoms with Crippen LogP contribution in [0.5, 0.6) is 0 Å². The molecule has 0 bridgehead atoms. The van der Waals surface area contributed by atoms with Crippen molar-refractivity contribution in [1.29, 1.82) is 5.26 Å². The molecular weight excluding hydrogens is 302 g/mol. The molecule has 120 valence electrons. The van der Waals surface area contributed by atoms with E-state index < -0.39 is 4.92 Å². The Morgan fingerprint density at radius 3 is 3.00 bits per heavy atom. The van der Waals surface area contributed by atoms with Crippen LogP contribution < -0.4 is 5.32 Å². The molecule has 1 aromatic carbocycles. The zero-order valence-electron chi connectivity index (χ0n) is 12.6. The molecule has 0 aliphatic carbocycles. The molecule has 0 saturated carbocycles. The Morgan fingerprint density at radius 1 is 1.57 bits per heavy atom. The van der Waals surface area contributed by atoms with E-state index in [0.717, 1.165) is 0 Å². The third kappa shape index (κ3) is 4.02. The lowest BCUT2D eigenvalue weighted by Crippen LogP contribution is -2.04. The van der Waals surface area contributed by atoms with Crippen LogP contribution in [0.25, 0.3) is 0 Å². The average molecular weight is 317 g/mol. The van der Waals surface area contributed by atoms with Crippen LogP contribution in [0, 0.1) is 21.4 Å². The summed E-state index contributed by atoms with van der Waals surface area (Å²) < 4.78 is 10.5. The van der Waals surface area contributed by atoms with Crippen molar-refractivity contribution in [3.63, 3.8) is 0 Å². The van der Waals surface area contributed by atoms with E-state index in [-0.39, 0.29) is 23.9 Å². The highest BCUT2D eigenvalue weighted by Gasteiger charge is 2.15. The summed E-state index contributed by atoms with van der Waals surface area (Å²) >= 11 is 0. The monoisotopic (exact) mass is 317 g/mol. The standard InChI is InChI=1S/C14H15N5O4/c1-3-22-9(2)14-17-13(23-18-14)8-16-12-5-4-11(19(20)21)6-10(12)7-15/h4-6,9,16H,3,8H2,1-2H3/t9-/m0/s1. The summed E-state index contributed by atoms with van der Waals surface area (Å²) in [4.78, 5) is 14.3. The van der Waals surface area contributed by atoms with Crippen LogP contribution in [0.4, 0.5) is 11.4 Å². The molecule has 1 heterocycles. The van der Waals surface area contributed by atoms with Crippen molar-refractivity contribution in [2.75, 3.05) is 11.9 Å². The minimum Gasteiger partial charge on any atom is -0.375 e. The van der Waals surface area contributed by atoms with E-state index in [1.165, 1.54) is 18.2 Å². The van der Waals surface area contributed by atoms with E-state index in [0.29, 0.717) is 24.0 Å². The van der Waals surface area contributed by atoms with Crippen LogP contribution in [0.3, 0.4) is 0 Å². The first-order chi connectivity index (χ1) is 11.0. The quantitative estimate of drug-likeness (QED) is 0.609. The second-order valence-corrected chi connectivity index (χ2v) is 4.60. The molecule has 0 saturated heterocycles. The lowest BCUT2D eigenvalue weighted by molar-refractivity contribution is -0.384. The highest BCUT2D eigenvalue weighted by molar-refractivity contribution is 5.61. The van der Waals surface area contributed by atoms with E-state index in [1.54, 1.807) is 0 Å². The molecule has 0 fully saturated rings. The Morgan fingerprint density at radius 2 is 2.35 bits per heavy atom. The van der Waals surface area contributed by atoms with Gasteiger partial charge in [0, 0.05) is 18.7 Å². The minimum absolute atomic E-state index is 0.141. The van der Waals surface area contributed by atoms with Crippen molar-refractivity contribution in [1.82, 2.24) is 10.1 Å². The van der Waals surface area contributed by atoms with Crippen LogP contribution in [0.15, 0.2) is 22.7 Å². The van der Waals surface area contributed by atoms with Gasteiger partial charge >= 0.3 is 0 Å². The summed E-state index contributed by atoms with van der Waals surface area (Å²) in [5, 5.41) is 26.6. The van der Waals surface area contributed by atoms with E-state index in [4.69, 9.17) is 14.5 Å². The molecule has 2 aromatic rings. The van der Waals surface area contributed by atoms with Gasteiger partial charge in [-0.05, 0) is 19.9 Å². The molecule has 2 rings (SSSR count). The topological polar surface area (TPSA) is 127 Å². The second kappa shape index (κ2) is 7.33. The van der Waals surface area contributed by atoms with Gasteiger partial charge in [-0.15, -0.1) is 0 Å². The third-order valence-corrected chi connectivity index (χ3v) is 3.03. The number of rotatable bonds is 7. The van der Waals surface area contributed by atoms with Crippen molar-refractivity contribution in [2.24, 2.45) is 0 Å². The number of anilines is 1. The molecule has 0 amide bonds. The number of nitrogens with one attached hydrogen (secondary N) is 1. The first-order valence-corrected chi connectivity index (χ1v) is 6.91. The maximum absolute atomic E-state index is 10.7. The molecule has 1 N–H and O–H groups in total. The summed E-state index contributed by atoms with van der Waals surface area (Å²) in [6.07, 6.45) is -0.272. The molecule has 1 aromatic heterocycles. The average Bonchev–Trinajstić information content (AvgIpc) is 3.02. The number of ether oxygens (including phenoxy) is 1. The van der Waals surface area contributed by atoms with E-state index >= 15 is 0 Å². The smallest absolute Gasteiger partial charge is 0.270 e. The number of non-ortho nitro benzene ring substituents is 1. The number of nitro groups is 1. The molecule has 0 aliphatic heterocycles. The van der Waals surface area contributed by atoms with Crippen molar-refractivity contribution >= 4 is 11.4 Å². The molecule has 0 aliphatic rings. The van der Waals surface area contributed by atoms with Crippen molar-refractivity contribution in [3.05, 3.63) is 45.6 Å². The number of benzene rings is 1. The molecule has 1 atom stereocenters. The van der Waals surface area contributed by atoms with Gasteiger partial charge in [0.2, 0.25) is 5.89 Å². The normalized spacial score (nSPS) is 11.7. The van der Waals surface area contributed by atoms with Crippen LogP contribution in [-0.4, -0.2) is 21.7 Å². The first-order valence-electron chi connectivity index (χ1n) is 6.91. The lowest BCUT2D eigenvalue weighted by Gasteiger charge is -2.06. The summed E-state index contributed by atoms with van der Waals surface area (Å²) in [6.45, 7) is 4.42. The zero-order valence-corrected chi connectivity index (χ0v) is 12.6. The highest BCUT2D eigenvalue weighted by atomic mass is 16.6. The predicted molar refractivity (Wildman–Crippen MR) is 79.5 cm³/mol. The Hall–Kier alpha value is -2.99. The van der Waals surface area contributed by atoms with Gasteiger partial charge < -0.3 is 14.6 Å². The molecular formula is C14H15N5O4. The highest BCUT2D eigenvalue weighted by Crippen LogP contribution is 2.22. The van der Waals surface area contributed by atoms with E-state index in [2.05, 4.69) is 15.5 Å². The van der Waals surface area contributed by atoms with Gasteiger partial charge in [-0.25, -0.2) is 0 Å². The number of hydrogen-bond donors (Lipinski definition) is 1. The Labute approximate surface area is 132 Å². The second-order valence-electron chi connectivity index (χ2n) is 4.60. The first kappa shape index (κ1) is 16.4. The number of aromatic nitrogens is 2. The van der Waals surface area contributed by atoms with Gasteiger partial charge in [0.05, 0.1) is 22.7 Å². The fourth-order valence-corrected chi connectivity index (χ4v) is 1.89. The lowest BCUT2D eigenvalue weighted by atomic mass is 10.1. The fraction of sp³-hybridized carbons (Fsp3) is 0.357. The Kier molecular flexibility index (Phi) is 5.22. The Balaban J connectivity index is 2.06. The molecule has 0 radical (unpaired) electrons. The van der Waals surface area contributed by atoms with Crippen LogP contribution in [0.1, 0.15) is 37.2 Å². The molecule has 9 heteroatoms. The molecule has 23 heavy (non-hydrogen) atoms. The summed E-state index contributed by atoms with van der Waals surface area (Å²) in [7, 11) is 0. The van der Waals surface area contributed by atoms with Gasteiger partial charge in [0.15, 0.2) is 5.82 Å². The van der Waals surface area contributed by atoms with E-state index in [1.807, 2.05) is 19.9 Å². The summed E-state index contributed by atoms with van der Waals surface area (Å²) in [6, 6.07) is 5.91. The summed E-state index contributed by atoms with van der Waals surface area (Å²) in [5.74, 6) is 0.765. The van der Waals surface area contributed by atoms with Crippen molar-refractivity contribution in [2.45, 2.75) is 26.5 Å². The van der Waals surface area contributed by atoms with Crippen LogP contribution >= 0.6 is 0 Å². The zero-order chi connectivity index (χ0) is 16.8. The number of nitriles is 1. The SMILES string of the molecule is CCO[C@@H](C)c1noc(CNc2ccc([N+](=O)[O-])cc2C#N)n1.